The fraction of sp³-hybridized carbons (Fsp3) is 0.565. The second-order valence-electron chi connectivity index (χ2n) is 9.41. The Balaban J connectivity index is 1.37. The molecule has 2 aromatic rings. The number of carbonyl (C=O) groups excluding carboxylic acids is 1. The number of aromatic nitrogens is 2. The lowest BCUT2D eigenvalue weighted by Gasteiger charge is -2.52. The van der Waals surface area contributed by atoms with Crippen LogP contribution in [0.15, 0.2) is 24.3 Å². The predicted molar refractivity (Wildman–Crippen MR) is 109 cm³/mol. The largest absolute Gasteiger partial charge is 0.336 e. The smallest absolute Gasteiger partial charge is 0.229 e. The van der Waals surface area contributed by atoms with Crippen LogP contribution in [0.3, 0.4) is 0 Å². The standard InChI is InChI=1S/C23H29FN4O/c1-16-19-6-13-27(21(29)22-7-10-23(25,11-8-22)12-9-22)15-20(19)28(26-16)14-17-2-4-18(24)5-3-17/h2-5H,6-15,25H2,1H3. The minimum Gasteiger partial charge on any atom is -0.336 e. The number of hydrogen-bond acceptors (Lipinski definition) is 3. The Morgan fingerprint density at radius 2 is 1.79 bits per heavy atom. The molecule has 29 heavy (non-hydrogen) atoms. The molecule has 4 aliphatic rings. The molecule has 1 aliphatic heterocycles. The van der Waals surface area contributed by atoms with Crippen LogP contribution >= 0.6 is 0 Å². The first-order valence-corrected chi connectivity index (χ1v) is 10.8. The van der Waals surface area contributed by atoms with Crippen LogP contribution < -0.4 is 5.73 Å². The summed E-state index contributed by atoms with van der Waals surface area (Å²) in [6, 6.07) is 6.56. The van der Waals surface area contributed by atoms with Gasteiger partial charge in [0.15, 0.2) is 0 Å². The summed E-state index contributed by atoms with van der Waals surface area (Å²) in [6.45, 7) is 4.02. The van der Waals surface area contributed by atoms with Gasteiger partial charge in [0.05, 0.1) is 24.5 Å². The molecule has 3 aliphatic carbocycles. The maximum absolute atomic E-state index is 13.6. The van der Waals surface area contributed by atoms with Crippen LogP contribution in [0.25, 0.3) is 0 Å². The summed E-state index contributed by atoms with van der Waals surface area (Å²) < 4.78 is 15.2. The van der Waals surface area contributed by atoms with Crippen molar-refractivity contribution < 1.29 is 9.18 Å². The van der Waals surface area contributed by atoms with Gasteiger partial charge in [-0.3, -0.25) is 9.48 Å². The van der Waals surface area contributed by atoms with E-state index < -0.39 is 0 Å². The Hall–Kier alpha value is -2.21. The summed E-state index contributed by atoms with van der Waals surface area (Å²) in [4.78, 5) is 15.6. The highest BCUT2D eigenvalue weighted by atomic mass is 19.1. The molecule has 6 rings (SSSR count). The fourth-order valence-corrected chi connectivity index (χ4v) is 5.61. The van der Waals surface area contributed by atoms with Crippen molar-refractivity contribution in [1.29, 1.82) is 0 Å². The molecule has 6 heteroatoms. The van der Waals surface area contributed by atoms with Crippen molar-refractivity contribution in [1.82, 2.24) is 14.7 Å². The van der Waals surface area contributed by atoms with Crippen molar-refractivity contribution >= 4 is 5.91 Å². The summed E-state index contributed by atoms with van der Waals surface area (Å²) in [5.74, 6) is 0.0852. The number of aryl methyl sites for hydroxylation is 1. The van der Waals surface area contributed by atoms with Gasteiger partial charge in [0.25, 0.3) is 0 Å². The highest BCUT2D eigenvalue weighted by Crippen LogP contribution is 2.52. The minimum atomic E-state index is -0.232. The van der Waals surface area contributed by atoms with E-state index in [-0.39, 0.29) is 16.8 Å². The van der Waals surface area contributed by atoms with Gasteiger partial charge >= 0.3 is 0 Å². The molecule has 3 saturated carbocycles. The van der Waals surface area contributed by atoms with Gasteiger partial charge in [-0.15, -0.1) is 0 Å². The number of nitrogens with two attached hydrogens (primary N) is 1. The first-order chi connectivity index (χ1) is 13.9. The van der Waals surface area contributed by atoms with Crippen LogP contribution in [0.2, 0.25) is 0 Å². The summed E-state index contributed by atoms with van der Waals surface area (Å²) in [6.07, 6.45) is 6.56. The molecule has 0 unspecified atom stereocenters. The molecule has 1 aromatic heterocycles. The number of nitrogens with zero attached hydrogens (tertiary/aromatic N) is 3. The van der Waals surface area contributed by atoms with E-state index in [4.69, 9.17) is 10.8 Å². The van der Waals surface area contributed by atoms with Gasteiger partial charge in [-0.1, -0.05) is 12.1 Å². The van der Waals surface area contributed by atoms with Crippen molar-refractivity contribution in [3.8, 4) is 0 Å². The maximum atomic E-state index is 13.6. The van der Waals surface area contributed by atoms with Crippen molar-refractivity contribution in [2.75, 3.05) is 6.54 Å². The topological polar surface area (TPSA) is 64.2 Å². The van der Waals surface area contributed by atoms with Gasteiger partial charge in [-0.2, -0.15) is 5.10 Å². The average Bonchev–Trinajstić information content (AvgIpc) is 3.05. The molecule has 2 heterocycles. The molecule has 3 fully saturated rings. The maximum Gasteiger partial charge on any atom is 0.229 e. The zero-order valence-electron chi connectivity index (χ0n) is 17.1. The molecule has 0 spiro atoms. The van der Waals surface area contributed by atoms with Crippen molar-refractivity contribution in [3.05, 3.63) is 52.6 Å². The van der Waals surface area contributed by atoms with Gasteiger partial charge < -0.3 is 10.6 Å². The number of hydrogen-bond donors (Lipinski definition) is 1. The summed E-state index contributed by atoms with van der Waals surface area (Å²) in [7, 11) is 0. The highest BCUT2D eigenvalue weighted by Gasteiger charge is 2.52. The zero-order valence-corrected chi connectivity index (χ0v) is 17.1. The lowest BCUT2D eigenvalue weighted by molar-refractivity contribution is -0.150. The number of amides is 1. The Morgan fingerprint density at radius 3 is 2.45 bits per heavy atom. The number of benzene rings is 1. The van der Waals surface area contributed by atoms with Crippen LogP contribution in [0.1, 0.15) is 61.0 Å². The van der Waals surface area contributed by atoms with E-state index >= 15 is 0 Å². The Labute approximate surface area is 171 Å². The normalized spacial score (nSPS) is 28.4. The number of halogens is 1. The molecule has 0 radical (unpaired) electrons. The molecule has 2 bridgehead atoms. The van der Waals surface area contributed by atoms with Gasteiger partial charge in [-0.25, -0.2) is 4.39 Å². The lowest BCUT2D eigenvalue weighted by atomic mass is 9.57. The first kappa shape index (κ1) is 18.8. The van der Waals surface area contributed by atoms with Crippen LogP contribution in [-0.4, -0.2) is 32.7 Å². The fourth-order valence-electron chi connectivity index (χ4n) is 5.61. The zero-order chi connectivity index (χ0) is 20.2. The third-order valence-electron chi connectivity index (χ3n) is 7.63. The number of carbonyl (C=O) groups is 1. The molecule has 154 valence electrons. The highest BCUT2D eigenvalue weighted by molar-refractivity contribution is 5.83. The van der Waals surface area contributed by atoms with E-state index in [1.54, 1.807) is 12.1 Å². The quantitative estimate of drug-likeness (QED) is 0.866. The molecule has 2 N–H and O–H groups in total. The summed E-state index contributed by atoms with van der Waals surface area (Å²) in [5.41, 5.74) is 10.7. The van der Waals surface area contributed by atoms with Crippen LogP contribution in [0, 0.1) is 18.2 Å². The predicted octanol–water partition coefficient (Wildman–Crippen LogP) is 3.32. The monoisotopic (exact) mass is 396 g/mol. The first-order valence-electron chi connectivity index (χ1n) is 10.8. The van der Waals surface area contributed by atoms with Gasteiger partial charge in [-0.05, 0) is 75.1 Å². The Kier molecular flexibility index (Phi) is 4.32. The van der Waals surface area contributed by atoms with Gasteiger partial charge in [0.1, 0.15) is 5.82 Å². The minimum absolute atomic E-state index is 0.0258. The van der Waals surface area contributed by atoms with Crippen LogP contribution in [0.4, 0.5) is 4.39 Å². The molecule has 5 nitrogen and oxygen atoms in total. The van der Waals surface area contributed by atoms with Crippen molar-refractivity contribution in [3.63, 3.8) is 0 Å². The second-order valence-corrected chi connectivity index (χ2v) is 9.41. The van der Waals surface area contributed by atoms with Crippen molar-refractivity contribution in [2.24, 2.45) is 11.1 Å². The summed E-state index contributed by atoms with van der Waals surface area (Å²) >= 11 is 0. The molecule has 1 aromatic carbocycles. The van der Waals surface area contributed by atoms with E-state index in [1.165, 1.54) is 17.7 Å². The van der Waals surface area contributed by atoms with E-state index in [1.807, 2.05) is 11.6 Å². The van der Waals surface area contributed by atoms with Gasteiger partial charge in [0, 0.05) is 17.5 Å². The van der Waals surface area contributed by atoms with E-state index in [0.717, 1.165) is 68.4 Å². The van der Waals surface area contributed by atoms with Crippen LogP contribution in [0.5, 0.6) is 0 Å². The molecule has 0 saturated heterocycles. The molecule has 1 amide bonds. The van der Waals surface area contributed by atoms with E-state index in [0.29, 0.717) is 19.0 Å². The number of rotatable bonds is 3. The Morgan fingerprint density at radius 1 is 1.14 bits per heavy atom. The van der Waals surface area contributed by atoms with Crippen LogP contribution in [-0.2, 0) is 24.3 Å². The second kappa shape index (κ2) is 6.66. The number of fused-ring (bicyclic) bond motifs is 4. The lowest BCUT2D eigenvalue weighted by Crippen LogP contribution is -2.57. The van der Waals surface area contributed by atoms with E-state index in [9.17, 15) is 9.18 Å². The Bertz CT molecular complexity index is 924. The molecular formula is C23H29FN4O. The van der Waals surface area contributed by atoms with Crippen molar-refractivity contribution in [2.45, 2.75) is 70.5 Å². The van der Waals surface area contributed by atoms with Gasteiger partial charge in [0.2, 0.25) is 5.91 Å². The molecule has 0 atom stereocenters. The average molecular weight is 397 g/mol. The third kappa shape index (κ3) is 3.18. The van der Waals surface area contributed by atoms with E-state index in [2.05, 4.69) is 4.90 Å². The summed E-state index contributed by atoms with van der Waals surface area (Å²) in [5, 5.41) is 4.74. The third-order valence-corrected chi connectivity index (χ3v) is 7.63. The SMILES string of the molecule is Cc1nn(Cc2ccc(F)cc2)c2c1CCN(C(=O)C13CCC(N)(CC1)CC3)C2. The molecular weight excluding hydrogens is 367 g/mol.